The van der Waals surface area contributed by atoms with Gasteiger partial charge in [0.15, 0.2) is 0 Å². The number of hydrogen-bond donors (Lipinski definition) is 1. The molecule has 0 aliphatic heterocycles. The Morgan fingerprint density at radius 3 is 2.64 bits per heavy atom. The molecule has 1 aromatic heterocycles. The lowest BCUT2D eigenvalue weighted by molar-refractivity contribution is -0.134. The van der Waals surface area contributed by atoms with Crippen molar-refractivity contribution in [3.05, 3.63) is 23.8 Å². The number of aliphatic hydroxyl groups is 1. The molecule has 0 saturated heterocycles. The summed E-state index contributed by atoms with van der Waals surface area (Å²) >= 11 is 0. The van der Waals surface area contributed by atoms with E-state index >= 15 is 0 Å². The monoisotopic (exact) mass is 206 g/mol. The van der Waals surface area contributed by atoms with Crippen LogP contribution in [0.2, 0.25) is 0 Å². The number of rotatable bonds is 3. The highest BCUT2D eigenvalue weighted by molar-refractivity contribution is 5.01. The van der Waals surface area contributed by atoms with Gasteiger partial charge in [-0.25, -0.2) is 9.97 Å². The number of aryl methyl sites for hydroxylation is 1. The van der Waals surface area contributed by atoms with Crippen LogP contribution in [0, 0.1) is 0 Å². The Morgan fingerprint density at radius 1 is 1.36 bits per heavy atom. The Balaban J connectivity index is 2.59. The summed E-state index contributed by atoms with van der Waals surface area (Å²) in [5.74, 6) is 0.105. The van der Waals surface area contributed by atoms with Crippen LogP contribution < -0.4 is 0 Å². The van der Waals surface area contributed by atoms with Crippen molar-refractivity contribution in [3.63, 3.8) is 0 Å². The summed E-state index contributed by atoms with van der Waals surface area (Å²) in [6.07, 6.45) is -4.05. The van der Waals surface area contributed by atoms with Gasteiger partial charge in [-0.15, -0.1) is 0 Å². The largest absolute Gasteiger partial charge is 0.390 e. The average molecular weight is 206 g/mol. The zero-order chi connectivity index (χ0) is 10.6. The van der Waals surface area contributed by atoms with Gasteiger partial charge in [-0.05, 0) is 6.07 Å². The topological polar surface area (TPSA) is 46.0 Å². The van der Waals surface area contributed by atoms with Gasteiger partial charge in [-0.2, -0.15) is 13.2 Å². The van der Waals surface area contributed by atoms with E-state index in [4.69, 9.17) is 5.11 Å². The fraction of sp³-hybridized carbons (Fsp3) is 0.500. The molecular weight excluding hydrogens is 197 g/mol. The number of alkyl halides is 3. The molecule has 1 rings (SSSR count). The molecule has 78 valence electrons. The fourth-order valence-electron chi connectivity index (χ4n) is 0.903. The molecule has 1 aromatic rings. The zero-order valence-electron chi connectivity index (χ0n) is 7.25. The number of aromatic nitrogens is 2. The first-order valence-electron chi connectivity index (χ1n) is 3.99. The van der Waals surface area contributed by atoms with E-state index in [0.29, 0.717) is 5.69 Å². The van der Waals surface area contributed by atoms with Gasteiger partial charge in [0.2, 0.25) is 0 Å². The SMILES string of the molecule is OCc1ccnc(CCC(F)(F)F)n1. The molecule has 0 fully saturated rings. The minimum Gasteiger partial charge on any atom is -0.390 e. The molecule has 6 heteroatoms. The van der Waals surface area contributed by atoms with Gasteiger partial charge in [0.1, 0.15) is 5.82 Å². The van der Waals surface area contributed by atoms with Crippen LogP contribution in [-0.2, 0) is 13.0 Å². The number of hydrogen-bond acceptors (Lipinski definition) is 3. The molecule has 0 amide bonds. The van der Waals surface area contributed by atoms with Gasteiger partial charge in [0, 0.05) is 12.6 Å². The minimum absolute atomic E-state index is 0.105. The maximum Gasteiger partial charge on any atom is 0.389 e. The maximum absolute atomic E-state index is 11.8. The first-order chi connectivity index (χ1) is 6.51. The van der Waals surface area contributed by atoms with Crippen molar-refractivity contribution in [2.24, 2.45) is 0 Å². The smallest absolute Gasteiger partial charge is 0.389 e. The third-order valence-corrected chi connectivity index (χ3v) is 1.56. The van der Waals surface area contributed by atoms with E-state index in [0.717, 1.165) is 0 Å². The first kappa shape index (κ1) is 10.9. The van der Waals surface area contributed by atoms with Crippen molar-refractivity contribution in [3.8, 4) is 0 Å². The molecule has 0 radical (unpaired) electrons. The molecule has 3 nitrogen and oxygen atoms in total. The first-order valence-corrected chi connectivity index (χ1v) is 3.99. The Hall–Kier alpha value is -1.17. The third kappa shape index (κ3) is 3.69. The maximum atomic E-state index is 11.8. The van der Waals surface area contributed by atoms with Crippen molar-refractivity contribution in [1.29, 1.82) is 0 Å². The lowest BCUT2D eigenvalue weighted by atomic mass is 10.3. The van der Waals surface area contributed by atoms with Gasteiger partial charge in [-0.1, -0.05) is 0 Å². The van der Waals surface area contributed by atoms with E-state index in [1.54, 1.807) is 0 Å². The zero-order valence-corrected chi connectivity index (χ0v) is 7.25. The molecule has 0 aromatic carbocycles. The van der Waals surface area contributed by atoms with Crippen molar-refractivity contribution in [2.75, 3.05) is 0 Å². The van der Waals surface area contributed by atoms with Crippen molar-refractivity contribution in [1.82, 2.24) is 9.97 Å². The van der Waals surface area contributed by atoms with Gasteiger partial charge in [0.25, 0.3) is 0 Å². The highest BCUT2D eigenvalue weighted by Gasteiger charge is 2.26. The summed E-state index contributed by atoms with van der Waals surface area (Å²) in [5, 5.41) is 8.68. The third-order valence-electron chi connectivity index (χ3n) is 1.56. The van der Waals surface area contributed by atoms with Crippen LogP contribution in [0.5, 0.6) is 0 Å². The van der Waals surface area contributed by atoms with Crippen LogP contribution >= 0.6 is 0 Å². The van der Waals surface area contributed by atoms with E-state index in [2.05, 4.69) is 9.97 Å². The summed E-state index contributed by atoms with van der Waals surface area (Å²) in [6, 6.07) is 1.46. The second-order valence-electron chi connectivity index (χ2n) is 2.74. The molecule has 14 heavy (non-hydrogen) atoms. The summed E-state index contributed by atoms with van der Waals surface area (Å²) in [5.41, 5.74) is 0.331. The van der Waals surface area contributed by atoms with Crippen LogP contribution in [0.15, 0.2) is 12.3 Å². The van der Waals surface area contributed by atoms with Crippen molar-refractivity contribution in [2.45, 2.75) is 25.6 Å². The molecule has 1 N–H and O–H groups in total. The Labute approximate surface area is 78.6 Å². The molecule has 0 atom stereocenters. The quantitative estimate of drug-likeness (QED) is 0.814. The minimum atomic E-state index is -4.20. The van der Waals surface area contributed by atoms with Crippen molar-refractivity contribution < 1.29 is 18.3 Å². The van der Waals surface area contributed by atoms with Gasteiger partial charge < -0.3 is 5.11 Å². The summed E-state index contributed by atoms with van der Waals surface area (Å²) in [7, 11) is 0. The van der Waals surface area contributed by atoms with E-state index < -0.39 is 12.6 Å². The Kier molecular flexibility index (Phi) is 3.40. The van der Waals surface area contributed by atoms with Crippen LogP contribution in [0.3, 0.4) is 0 Å². The number of aliphatic hydroxyl groups excluding tert-OH is 1. The van der Waals surface area contributed by atoms with Gasteiger partial charge in [-0.3, -0.25) is 0 Å². The van der Waals surface area contributed by atoms with Crippen LogP contribution in [0.25, 0.3) is 0 Å². The van der Waals surface area contributed by atoms with E-state index in [1.807, 2.05) is 0 Å². The predicted octanol–water partition coefficient (Wildman–Crippen LogP) is 1.46. The van der Waals surface area contributed by atoms with Gasteiger partial charge >= 0.3 is 6.18 Å². The van der Waals surface area contributed by atoms with Crippen LogP contribution in [-0.4, -0.2) is 21.3 Å². The molecule has 0 unspecified atom stereocenters. The highest BCUT2D eigenvalue weighted by atomic mass is 19.4. The second kappa shape index (κ2) is 4.36. The Morgan fingerprint density at radius 2 is 2.07 bits per heavy atom. The summed E-state index contributed by atoms with van der Waals surface area (Å²) in [6.45, 7) is -0.290. The summed E-state index contributed by atoms with van der Waals surface area (Å²) in [4.78, 5) is 7.40. The highest BCUT2D eigenvalue weighted by Crippen LogP contribution is 2.20. The molecule has 1 heterocycles. The average Bonchev–Trinajstić information content (AvgIpc) is 2.14. The molecule has 0 aliphatic carbocycles. The lowest BCUT2D eigenvalue weighted by Gasteiger charge is -2.05. The number of nitrogens with zero attached hydrogens (tertiary/aromatic N) is 2. The van der Waals surface area contributed by atoms with Crippen molar-refractivity contribution >= 4 is 0 Å². The summed E-state index contributed by atoms with van der Waals surface area (Å²) < 4.78 is 35.5. The Bertz CT molecular complexity index is 301. The van der Waals surface area contributed by atoms with Gasteiger partial charge in [0.05, 0.1) is 18.7 Å². The predicted molar refractivity (Wildman–Crippen MR) is 42.3 cm³/mol. The molecule has 0 spiro atoms. The molecule has 0 bridgehead atoms. The molecular formula is C8H9F3N2O. The molecule has 0 aliphatic rings. The van der Waals surface area contributed by atoms with Crippen LogP contribution in [0.1, 0.15) is 17.9 Å². The van der Waals surface area contributed by atoms with Crippen LogP contribution in [0.4, 0.5) is 13.2 Å². The lowest BCUT2D eigenvalue weighted by Crippen LogP contribution is -2.10. The number of halogens is 3. The second-order valence-corrected chi connectivity index (χ2v) is 2.74. The molecule has 0 saturated carbocycles. The van der Waals surface area contributed by atoms with E-state index in [-0.39, 0.29) is 18.9 Å². The fourth-order valence-corrected chi connectivity index (χ4v) is 0.903. The van der Waals surface area contributed by atoms with E-state index in [1.165, 1.54) is 12.3 Å². The standard InChI is InChI=1S/C8H9F3N2O/c9-8(10,11)3-1-7-12-4-2-6(5-14)13-7/h2,4,14H,1,3,5H2. The normalized spacial score (nSPS) is 11.7. The van der Waals surface area contributed by atoms with E-state index in [9.17, 15) is 13.2 Å².